The molecule has 4 rings (SSSR count). The number of halogens is 1. The molecule has 0 fully saturated rings. The summed E-state index contributed by atoms with van der Waals surface area (Å²) in [5.41, 5.74) is 3.33. The van der Waals surface area contributed by atoms with Gasteiger partial charge in [-0.25, -0.2) is 0 Å². The molecule has 0 radical (unpaired) electrons. The molecule has 0 bridgehead atoms. The molecule has 1 atom stereocenters. The number of phenols is 2. The van der Waals surface area contributed by atoms with Crippen molar-refractivity contribution in [3.8, 4) is 11.5 Å². The fraction of sp³-hybridized carbons (Fsp3) is 0.263. The third kappa shape index (κ3) is 2.65. The van der Waals surface area contributed by atoms with E-state index >= 15 is 0 Å². The first-order valence-electron chi connectivity index (χ1n) is 7.93. The highest BCUT2D eigenvalue weighted by Crippen LogP contribution is 2.40. The number of benzene rings is 2. The van der Waals surface area contributed by atoms with E-state index in [2.05, 4.69) is 18.0 Å². The lowest BCUT2D eigenvalue weighted by Gasteiger charge is -2.22. The molecule has 0 saturated carbocycles. The monoisotopic (exact) mass is 359 g/mol. The molecule has 5 heteroatoms. The van der Waals surface area contributed by atoms with E-state index in [1.807, 2.05) is 23.6 Å². The summed E-state index contributed by atoms with van der Waals surface area (Å²) in [6.45, 7) is 1.78. The fourth-order valence-electron chi connectivity index (χ4n) is 3.53. The zero-order chi connectivity index (χ0) is 16.8. The second kappa shape index (κ2) is 5.96. The number of nitrogens with zero attached hydrogens (tertiary/aromatic N) is 1. The van der Waals surface area contributed by atoms with Gasteiger partial charge in [-0.05, 0) is 65.9 Å². The molecule has 1 aromatic heterocycles. The summed E-state index contributed by atoms with van der Waals surface area (Å²) in [7, 11) is 2.10. The minimum absolute atomic E-state index is 0.0908. The van der Waals surface area contributed by atoms with Crippen LogP contribution in [0, 0.1) is 0 Å². The second-order valence-corrected chi connectivity index (χ2v) is 7.79. The summed E-state index contributed by atoms with van der Waals surface area (Å²) < 4.78 is 1.08. The Morgan fingerprint density at radius 1 is 1.17 bits per heavy atom. The van der Waals surface area contributed by atoms with E-state index in [9.17, 15) is 10.2 Å². The van der Waals surface area contributed by atoms with Crippen molar-refractivity contribution in [2.24, 2.45) is 0 Å². The van der Waals surface area contributed by atoms with Crippen LogP contribution in [0.2, 0.25) is 5.02 Å². The minimum Gasteiger partial charge on any atom is -0.507 e. The molecular formula is C19H18ClNO2S. The van der Waals surface area contributed by atoms with Crippen LogP contribution in [0.25, 0.3) is 10.1 Å². The first-order chi connectivity index (χ1) is 11.5. The second-order valence-electron chi connectivity index (χ2n) is 6.44. The third-order valence-electron chi connectivity index (χ3n) is 4.82. The SMILES string of the molecule is CN1CCc2cc(Cl)c(O)cc2C(c2cc(O)c3ccsc3c2)C1. The number of likely N-dealkylation sites (N-methyl/N-ethyl adjacent to an activating group) is 1. The van der Waals surface area contributed by atoms with Crippen LogP contribution in [0.1, 0.15) is 22.6 Å². The zero-order valence-corrected chi connectivity index (χ0v) is 14.9. The Hall–Kier alpha value is -1.75. The summed E-state index contributed by atoms with van der Waals surface area (Å²) in [5.74, 6) is 0.523. The molecule has 0 amide bonds. The van der Waals surface area contributed by atoms with Gasteiger partial charge in [-0.1, -0.05) is 11.6 Å². The van der Waals surface area contributed by atoms with E-state index in [1.165, 1.54) is 0 Å². The van der Waals surface area contributed by atoms with Gasteiger partial charge in [0.15, 0.2) is 0 Å². The molecule has 124 valence electrons. The van der Waals surface area contributed by atoms with Crippen LogP contribution in [0.3, 0.4) is 0 Å². The highest BCUT2D eigenvalue weighted by atomic mass is 35.5. The van der Waals surface area contributed by atoms with Gasteiger partial charge >= 0.3 is 0 Å². The van der Waals surface area contributed by atoms with Gasteiger partial charge in [0.1, 0.15) is 11.5 Å². The van der Waals surface area contributed by atoms with E-state index in [-0.39, 0.29) is 11.7 Å². The first-order valence-corrected chi connectivity index (χ1v) is 9.18. The van der Waals surface area contributed by atoms with Gasteiger partial charge in [-0.2, -0.15) is 0 Å². The van der Waals surface area contributed by atoms with Crippen molar-refractivity contribution < 1.29 is 10.2 Å². The largest absolute Gasteiger partial charge is 0.507 e. The highest BCUT2D eigenvalue weighted by Gasteiger charge is 2.25. The molecule has 0 aliphatic carbocycles. The molecule has 2 heterocycles. The summed E-state index contributed by atoms with van der Waals surface area (Å²) in [5, 5.41) is 23.8. The van der Waals surface area contributed by atoms with Crippen LogP contribution in [-0.2, 0) is 6.42 Å². The van der Waals surface area contributed by atoms with Crippen LogP contribution < -0.4 is 0 Å². The fourth-order valence-corrected chi connectivity index (χ4v) is 4.57. The number of phenolic OH excluding ortho intramolecular Hbond substituents is 2. The van der Waals surface area contributed by atoms with Gasteiger partial charge in [0.2, 0.25) is 0 Å². The lowest BCUT2D eigenvalue weighted by molar-refractivity contribution is 0.337. The lowest BCUT2D eigenvalue weighted by Crippen LogP contribution is -2.24. The van der Waals surface area contributed by atoms with E-state index in [1.54, 1.807) is 17.4 Å². The predicted molar refractivity (Wildman–Crippen MR) is 99.7 cm³/mol. The molecule has 1 aliphatic rings. The quantitative estimate of drug-likeness (QED) is 0.668. The zero-order valence-electron chi connectivity index (χ0n) is 13.3. The van der Waals surface area contributed by atoms with Crippen molar-refractivity contribution in [2.45, 2.75) is 12.3 Å². The van der Waals surface area contributed by atoms with E-state index in [0.717, 1.165) is 46.3 Å². The smallest absolute Gasteiger partial charge is 0.134 e. The number of thiophene rings is 1. The van der Waals surface area contributed by atoms with Gasteiger partial charge in [-0.15, -0.1) is 11.3 Å². The molecule has 24 heavy (non-hydrogen) atoms. The van der Waals surface area contributed by atoms with Gasteiger partial charge < -0.3 is 15.1 Å². The molecule has 1 aliphatic heterocycles. The summed E-state index contributed by atoms with van der Waals surface area (Å²) in [6.07, 6.45) is 0.898. The Labute approximate surface area is 149 Å². The van der Waals surface area contributed by atoms with Crippen LogP contribution >= 0.6 is 22.9 Å². The van der Waals surface area contributed by atoms with Crippen molar-refractivity contribution >= 4 is 33.0 Å². The average Bonchev–Trinajstić information content (AvgIpc) is 2.96. The Kier molecular flexibility index (Phi) is 3.91. The molecular weight excluding hydrogens is 342 g/mol. The first kappa shape index (κ1) is 15.8. The Balaban J connectivity index is 1.90. The van der Waals surface area contributed by atoms with E-state index in [0.29, 0.717) is 10.8 Å². The molecule has 2 N–H and O–H groups in total. The third-order valence-corrected chi connectivity index (χ3v) is 5.98. The topological polar surface area (TPSA) is 43.7 Å². The molecule has 0 saturated heterocycles. The van der Waals surface area contributed by atoms with Gasteiger partial charge in [-0.3, -0.25) is 0 Å². The molecule has 2 aromatic carbocycles. The van der Waals surface area contributed by atoms with Gasteiger partial charge in [0.05, 0.1) is 5.02 Å². The maximum atomic E-state index is 10.4. The van der Waals surface area contributed by atoms with Gasteiger partial charge in [0, 0.05) is 29.1 Å². The minimum atomic E-state index is 0.0908. The van der Waals surface area contributed by atoms with Crippen LogP contribution in [0.5, 0.6) is 11.5 Å². The summed E-state index contributed by atoms with van der Waals surface area (Å²) in [6, 6.07) is 9.62. The standard InChI is InChI=1S/C19H18ClNO2S/c1-21-4-2-11-6-16(20)18(23)9-14(11)15(10-21)12-7-17(22)13-3-5-24-19(13)8-12/h3,5-9,15,22-23H,2,4,10H2,1H3. The van der Waals surface area contributed by atoms with Crippen molar-refractivity contribution in [3.05, 3.63) is 57.4 Å². The highest BCUT2D eigenvalue weighted by molar-refractivity contribution is 7.17. The number of fused-ring (bicyclic) bond motifs is 2. The lowest BCUT2D eigenvalue weighted by atomic mass is 9.87. The number of hydrogen-bond donors (Lipinski definition) is 2. The number of hydrogen-bond acceptors (Lipinski definition) is 4. The van der Waals surface area contributed by atoms with Crippen molar-refractivity contribution in [1.82, 2.24) is 4.90 Å². The van der Waals surface area contributed by atoms with Crippen molar-refractivity contribution in [1.29, 1.82) is 0 Å². The Morgan fingerprint density at radius 2 is 2.00 bits per heavy atom. The van der Waals surface area contributed by atoms with Gasteiger partial charge in [0.25, 0.3) is 0 Å². The summed E-state index contributed by atoms with van der Waals surface area (Å²) >= 11 is 7.74. The number of rotatable bonds is 1. The molecule has 0 spiro atoms. The van der Waals surface area contributed by atoms with E-state index < -0.39 is 0 Å². The van der Waals surface area contributed by atoms with Crippen LogP contribution in [-0.4, -0.2) is 35.3 Å². The Morgan fingerprint density at radius 3 is 2.83 bits per heavy atom. The predicted octanol–water partition coefficient (Wildman–Crippen LogP) is 4.59. The maximum absolute atomic E-state index is 10.4. The normalized spacial score (nSPS) is 18.5. The molecule has 3 nitrogen and oxygen atoms in total. The van der Waals surface area contributed by atoms with Crippen LogP contribution in [0.15, 0.2) is 35.7 Å². The Bertz CT molecular complexity index is 921. The molecule has 1 unspecified atom stereocenters. The van der Waals surface area contributed by atoms with E-state index in [4.69, 9.17) is 11.6 Å². The van der Waals surface area contributed by atoms with Crippen LogP contribution in [0.4, 0.5) is 0 Å². The molecule has 3 aromatic rings. The average molecular weight is 360 g/mol. The maximum Gasteiger partial charge on any atom is 0.134 e. The van der Waals surface area contributed by atoms with Crippen molar-refractivity contribution in [2.75, 3.05) is 20.1 Å². The number of aromatic hydroxyl groups is 2. The van der Waals surface area contributed by atoms with Crippen molar-refractivity contribution in [3.63, 3.8) is 0 Å². The summed E-state index contributed by atoms with van der Waals surface area (Å²) in [4.78, 5) is 2.28.